The van der Waals surface area contributed by atoms with E-state index in [1.807, 2.05) is 13.8 Å². The van der Waals surface area contributed by atoms with Gasteiger partial charge >= 0.3 is 0 Å². The monoisotopic (exact) mass is 206 g/mol. The molecule has 0 aromatic heterocycles. The molecule has 0 bridgehead atoms. The van der Waals surface area contributed by atoms with Crippen molar-refractivity contribution in [3.63, 3.8) is 0 Å². The first-order chi connectivity index (χ1) is 6.13. The Kier molecular flexibility index (Phi) is 7.03. The molecule has 0 aliphatic carbocycles. The number of thioether (sulfide) groups is 1. The summed E-state index contributed by atoms with van der Waals surface area (Å²) in [6.07, 6.45) is 0.770. The Balaban J connectivity index is 3.68. The van der Waals surface area contributed by atoms with E-state index in [2.05, 4.69) is 5.43 Å². The van der Waals surface area contributed by atoms with Gasteiger partial charge in [0, 0.05) is 17.8 Å². The molecule has 0 aliphatic heterocycles. The highest BCUT2D eigenvalue weighted by Crippen LogP contribution is 2.19. The molecule has 0 fully saturated rings. The van der Waals surface area contributed by atoms with Crippen LogP contribution in [-0.2, 0) is 4.79 Å². The van der Waals surface area contributed by atoms with Gasteiger partial charge in [0.05, 0.1) is 0 Å². The summed E-state index contributed by atoms with van der Waals surface area (Å²) in [4.78, 5) is 11.1. The SMILES string of the molecule is CC(SCCCO)C(C)C(=O)NN. The molecule has 0 aromatic rings. The van der Waals surface area contributed by atoms with Crippen molar-refractivity contribution in [1.29, 1.82) is 0 Å². The van der Waals surface area contributed by atoms with Crippen LogP contribution in [0, 0.1) is 5.92 Å². The quantitative estimate of drug-likeness (QED) is 0.250. The van der Waals surface area contributed by atoms with Crippen molar-refractivity contribution >= 4 is 17.7 Å². The van der Waals surface area contributed by atoms with Crippen molar-refractivity contribution in [2.45, 2.75) is 25.5 Å². The van der Waals surface area contributed by atoms with Crippen LogP contribution in [0.3, 0.4) is 0 Å². The van der Waals surface area contributed by atoms with Crippen LogP contribution in [0.15, 0.2) is 0 Å². The molecule has 0 saturated carbocycles. The van der Waals surface area contributed by atoms with Gasteiger partial charge in [0.2, 0.25) is 5.91 Å². The van der Waals surface area contributed by atoms with Gasteiger partial charge in [0.1, 0.15) is 0 Å². The Hall–Kier alpha value is -0.260. The maximum Gasteiger partial charge on any atom is 0.237 e. The zero-order valence-electron chi connectivity index (χ0n) is 8.12. The maximum atomic E-state index is 11.1. The fraction of sp³-hybridized carbons (Fsp3) is 0.875. The van der Waals surface area contributed by atoms with Gasteiger partial charge in [-0.05, 0) is 12.2 Å². The van der Waals surface area contributed by atoms with E-state index in [0.717, 1.165) is 12.2 Å². The normalized spacial score (nSPS) is 15.1. The highest BCUT2D eigenvalue weighted by molar-refractivity contribution is 7.99. The van der Waals surface area contributed by atoms with Gasteiger partial charge in [-0.15, -0.1) is 0 Å². The summed E-state index contributed by atoms with van der Waals surface area (Å²) in [6, 6.07) is 0. The molecule has 4 nitrogen and oxygen atoms in total. The molecule has 0 radical (unpaired) electrons. The highest BCUT2D eigenvalue weighted by Gasteiger charge is 2.19. The Bertz CT molecular complexity index is 155. The standard InChI is InChI=1S/C8H18N2O2S/c1-6(8(12)10-9)7(2)13-5-3-4-11/h6-7,11H,3-5,9H2,1-2H3,(H,10,12). The smallest absolute Gasteiger partial charge is 0.237 e. The van der Waals surface area contributed by atoms with Crippen molar-refractivity contribution in [2.24, 2.45) is 11.8 Å². The summed E-state index contributed by atoms with van der Waals surface area (Å²) < 4.78 is 0. The minimum atomic E-state index is -0.135. The van der Waals surface area contributed by atoms with E-state index in [4.69, 9.17) is 10.9 Å². The van der Waals surface area contributed by atoms with Crippen LogP contribution < -0.4 is 11.3 Å². The Labute approximate surface area is 83.2 Å². The van der Waals surface area contributed by atoms with E-state index >= 15 is 0 Å². The zero-order chi connectivity index (χ0) is 10.3. The third kappa shape index (κ3) is 5.13. The molecule has 5 heteroatoms. The highest BCUT2D eigenvalue weighted by atomic mass is 32.2. The molecule has 0 spiro atoms. The average molecular weight is 206 g/mol. The number of nitrogens with one attached hydrogen (secondary N) is 1. The van der Waals surface area contributed by atoms with E-state index in [1.54, 1.807) is 11.8 Å². The van der Waals surface area contributed by atoms with Gasteiger partial charge in [-0.1, -0.05) is 13.8 Å². The summed E-state index contributed by atoms with van der Waals surface area (Å²) in [5.41, 5.74) is 2.13. The summed E-state index contributed by atoms with van der Waals surface area (Å²) in [5.74, 6) is 5.67. The average Bonchev–Trinajstić information content (AvgIpc) is 2.15. The predicted octanol–water partition coefficient (Wildman–Crippen LogP) is 0.116. The largest absolute Gasteiger partial charge is 0.396 e. The molecular weight excluding hydrogens is 188 g/mol. The third-order valence-electron chi connectivity index (χ3n) is 1.94. The summed E-state index contributed by atoms with van der Waals surface area (Å²) in [6.45, 7) is 4.04. The minimum absolute atomic E-state index is 0.0892. The minimum Gasteiger partial charge on any atom is -0.396 e. The number of hydrogen-bond donors (Lipinski definition) is 3. The number of carbonyl (C=O) groups excluding carboxylic acids is 1. The van der Waals surface area contributed by atoms with Gasteiger partial charge in [-0.2, -0.15) is 11.8 Å². The van der Waals surface area contributed by atoms with Crippen LogP contribution in [0.25, 0.3) is 0 Å². The Morgan fingerprint density at radius 1 is 1.62 bits per heavy atom. The number of nitrogens with two attached hydrogens (primary N) is 1. The lowest BCUT2D eigenvalue weighted by molar-refractivity contribution is -0.124. The second-order valence-electron chi connectivity index (χ2n) is 2.95. The predicted molar refractivity (Wildman–Crippen MR) is 55.1 cm³/mol. The lowest BCUT2D eigenvalue weighted by Gasteiger charge is -2.17. The van der Waals surface area contributed by atoms with Gasteiger partial charge in [-0.25, -0.2) is 5.84 Å². The maximum absolute atomic E-state index is 11.1. The van der Waals surface area contributed by atoms with Gasteiger partial charge in [0.15, 0.2) is 0 Å². The van der Waals surface area contributed by atoms with Crippen molar-refractivity contribution in [1.82, 2.24) is 5.43 Å². The van der Waals surface area contributed by atoms with E-state index in [0.29, 0.717) is 0 Å². The van der Waals surface area contributed by atoms with Crippen LogP contribution in [0.1, 0.15) is 20.3 Å². The number of hydrogen-bond acceptors (Lipinski definition) is 4. The van der Waals surface area contributed by atoms with Gasteiger partial charge in [0.25, 0.3) is 0 Å². The molecule has 2 unspecified atom stereocenters. The number of rotatable bonds is 6. The molecule has 78 valence electrons. The fourth-order valence-corrected chi connectivity index (χ4v) is 1.90. The lowest BCUT2D eigenvalue weighted by Crippen LogP contribution is -2.38. The number of aliphatic hydroxyl groups excluding tert-OH is 1. The topological polar surface area (TPSA) is 75.3 Å². The van der Waals surface area contributed by atoms with Gasteiger partial charge in [-0.3, -0.25) is 10.2 Å². The third-order valence-corrected chi connectivity index (χ3v) is 3.40. The van der Waals surface area contributed by atoms with Crippen LogP contribution in [0.4, 0.5) is 0 Å². The van der Waals surface area contributed by atoms with E-state index in [9.17, 15) is 4.79 Å². The summed E-state index contributed by atoms with van der Waals surface area (Å²) in [5, 5.41) is 8.79. The molecule has 0 aromatic carbocycles. The Morgan fingerprint density at radius 2 is 2.23 bits per heavy atom. The van der Waals surface area contributed by atoms with Crippen molar-refractivity contribution in [2.75, 3.05) is 12.4 Å². The van der Waals surface area contributed by atoms with Gasteiger partial charge < -0.3 is 5.11 Å². The molecule has 0 saturated heterocycles. The van der Waals surface area contributed by atoms with Crippen LogP contribution in [-0.4, -0.2) is 28.6 Å². The van der Waals surface area contributed by atoms with Crippen LogP contribution in [0.5, 0.6) is 0 Å². The first-order valence-electron chi connectivity index (χ1n) is 4.36. The Morgan fingerprint density at radius 3 is 2.69 bits per heavy atom. The molecule has 2 atom stereocenters. The van der Waals surface area contributed by atoms with E-state index in [-0.39, 0.29) is 23.7 Å². The number of amides is 1. The number of carbonyl (C=O) groups is 1. The number of aliphatic hydroxyl groups is 1. The zero-order valence-corrected chi connectivity index (χ0v) is 8.93. The lowest BCUT2D eigenvalue weighted by atomic mass is 10.1. The fourth-order valence-electron chi connectivity index (χ4n) is 0.823. The van der Waals surface area contributed by atoms with Crippen LogP contribution in [0.2, 0.25) is 0 Å². The van der Waals surface area contributed by atoms with E-state index in [1.165, 1.54) is 0 Å². The summed E-state index contributed by atoms with van der Waals surface area (Å²) >= 11 is 1.68. The molecule has 0 rings (SSSR count). The second kappa shape index (κ2) is 7.17. The number of hydrazine groups is 1. The molecule has 0 heterocycles. The van der Waals surface area contributed by atoms with Crippen molar-refractivity contribution in [3.05, 3.63) is 0 Å². The first-order valence-corrected chi connectivity index (χ1v) is 5.41. The summed E-state index contributed by atoms with van der Waals surface area (Å²) in [7, 11) is 0. The second-order valence-corrected chi connectivity index (χ2v) is 4.44. The molecule has 0 aliphatic rings. The molecule has 13 heavy (non-hydrogen) atoms. The molecule has 1 amide bonds. The molecular formula is C8H18N2O2S. The van der Waals surface area contributed by atoms with Crippen molar-refractivity contribution in [3.8, 4) is 0 Å². The molecule has 4 N–H and O–H groups in total. The van der Waals surface area contributed by atoms with E-state index < -0.39 is 0 Å². The first kappa shape index (κ1) is 12.7. The van der Waals surface area contributed by atoms with Crippen LogP contribution >= 0.6 is 11.8 Å². The van der Waals surface area contributed by atoms with Crippen molar-refractivity contribution < 1.29 is 9.90 Å².